The van der Waals surface area contributed by atoms with Crippen molar-refractivity contribution in [2.24, 2.45) is 0 Å². The van der Waals surface area contributed by atoms with Gasteiger partial charge in [0.2, 0.25) is 0 Å². The Morgan fingerprint density at radius 1 is 1.85 bits per heavy atom. The van der Waals surface area contributed by atoms with Crippen LogP contribution in [0.2, 0.25) is 0 Å². The van der Waals surface area contributed by atoms with Crippen LogP contribution in [0.25, 0.3) is 0 Å². The molecule has 0 saturated carbocycles. The summed E-state index contributed by atoms with van der Waals surface area (Å²) in [6, 6.07) is 1.56. The third-order valence-corrected chi connectivity index (χ3v) is 1.71. The monoisotopic (exact) mass is 183 g/mol. The Balaban J connectivity index is 2.73. The van der Waals surface area contributed by atoms with Gasteiger partial charge in [-0.05, 0) is 13.1 Å². The van der Waals surface area contributed by atoms with E-state index in [-0.39, 0.29) is 5.78 Å². The quantitative estimate of drug-likeness (QED) is 0.568. The van der Waals surface area contributed by atoms with Crippen molar-refractivity contribution in [2.45, 2.75) is 13.0 Å². The standard InChI is InChI=1S/C8H13N3O2/c1-5(12)6-3-7(11-10-6)8(13)4-9-2/h3,8-9,13H,4H2,1-2H3,(H,10,11). The van der Waals surface area contributed by atoms with E-state index in [0.29, 0.717) is 17.9 Å². The van der Waals surface area contributed by atoms with Crippen LogP contribution in [-0.4, -0.2) is 34.7 Å². The highest BCUT2D eigenvalue weighted by Crippen LogP contribution is 2.09. The zero-order valence-corrected chi connectivity index (χ0v) is 7.66. The van der Waals surface area contributed by atoms with Crippen LogP contribution in [0.15, 0.2) is 6.07 Å². The average molecular weight is 183 g/mol. The lowest BCUT2D eigenvalue weighted by Gasteiger charge is -2.05. The molecule has 3 N–H and O–H groups in total. The summed E-state index contributed by atoms with van der Waals surface area (Å²) >= 11 is 0. The van der Waals surface area contributed by atoms with Gasteiger partial charge in [-0.3, -0.25) is 9.89 Å². The second-order valence-electron chi connectivity index (χ2n) is 2.84. The minimum Gasteiger partial charge on any atom is -0.385 e. The summed E-state index contributed by atoms with van der Waals surface area (Å²) in [6.45, 7) is 1.87. The van der Waals surface area contributed by atoms with Gasteiger partial charge in [0.15, 0.2) is 5.78 Å². The lowest BCUT2D eigenvalue weighted by atomic mass is 10.2. The summed E-state index contributed by atoms with van der Waals surface area (Å²) in [5.41, 5.74) is 0.907. The number of hydrogen-bond acceptors (Lipinski definition) is 4. The number of carbonyl (C=O) groups excluding carboxylic acids is 1. The first-order valence-electron chi connectivity index (χ1n) is 4.04. The minimum atomic E-state index is -0.648. The van der Waals surface area contributed by atoms with E-state index in [1.165, 1.54) is 6.92 Å². The van der Waals surface area contributed by atoms with Gasteiger partial charge < -0.3 is 10.4 Å². The van der Waals surface area contributed by atoms with Crippen LogP contribution in [-0.2, 0) is 0 Å². The Kier molecular flexibility index (Phi) is 3.16. The molecule has 0 saturated heterocycles. The Labute approximate surface area is 76.2 Å². The van der Waals surface area contributed by atoms with Gasteiger partial charge in [-0.25, -0.2) is 0 Å². The molecular formula is C8H13N3O2. The number of ketones is 1. The summed E-state index contributed by atoms with van der Waals surface area (Å²) in [5.74, 6) is -0.112. The zero-order valence-electron chi connectivity index (χ0n) is 7.66. The number of aromatic amines is 1. The predicted octanol–water partition coefficient (Wildman–Crippen LogP) is -0.135. The van der Waals surface area contributed by atoms with Crippen molar-refractivity contribution in [1.29, 1.82) is 0 Å². The fourth-order valence-corrected chi connectivity index (χ4v) is 0.991. The Morgan fingerprint density at radius 2 is 2.54 bits per heavy atom. The van der Waals surface area contributed by atoms with Crippen LogP contribution in [0.3, 0.4) is 0 Å². The molecule has 0 aliphatic rings. The number of nitrogens with zero attached hydrogens (tertiary/aromatic N) is 1. The maximum Gasteiger partial charge on any atom is 0.179 e. The van der Waals surface area contributed by atoms with Crippen molar-refractivity contribution in [3.8, 4) is 0 Å². The SMILES string of the molecule is CNCC(O)c1cc(C(C)=O)n[nH]1. The number of hydrogen-bond donors (Lipinski definition) is 3. The Morgan fingerprint density at radius 3 is 3.00 bits per heavy atom. The van der Waals surface area contributed by atoms with E-state index in [0.717, 1.165) is 0 Å². The van der Waals surface area contributed by atoms with Crippen LogP contribution in [0, 0.1) is 0 Å². The number of H-pyrrole nitrogens is 1. The lowest BCUT2D eigenvalue weighted by molar-refractivity contribution is 0.101. The molecule has 0 amide bonds. The number of nitrogens with one attached hydrogen (secondary N) is 2. The first-order chi connectivity index (χ1) is 6.15. The molecule has 0 spiro atoms. The van der Waals surface area contributed by atoms with Gasteiger partial charge >= 0.3 is 0 Å². The van der Waals surface area contributed by atoms with Gasteiger partial charge in [0.05, 0.1) is 5.69 Å². The molecule has 1 rings (SSSR count). The van der Waals surface area contributed by atoms with Gasteiger partial charge in [-0.1, -0.05) is 0 Å². The third-order valence-electron chi connectivity index (χ3n) is 1.71. The number of likely N-dealkylation sites (N-methyl/N-ethyl adjacent to an activating group) is 1. The number of aliphatic hydroxyl groups excluding tert-OH is 1. The van der Waals surface area contributed by atoms with Crippen molar-refractivity contribution in [3.05, 3.63) is 17.5 Å². The van der Waals surface area contributed by atoms with Crippen molar-refractivity contribution >= 4 is 5.78 Å². The van der Waals surface area contributed by atoms with E-state index in [1.807, 2.05) is 0 Å². The number of Topliss-reactive ketones (excluding diaryl/α,β-unsaturated/α-hetero) is 1. The fourth-order valence-electron chi connectivity index (χ4n) is 0.991. The van der Waals surface area contributed by atoms with Crippen LogP contribution >= 0.6 is 0 Å². The molecule has 5 heteroatoms. The van der Waals surface area contributed by atoms with E-state index in [2.05, 4.69) is 15.5 Å². The average Bonchev–Trinajstić information content (AvgIpc) is 2.52. The fraction of sp³-hybridized carbons (Fsp3) is 0.500. The highest BCUT2D eigenvalue weighted by atomic mass is 16.3. The first-order valence-corrected chi connectivity index (χ1v) is 4.04. The minimum absolute atomic E-state index is 0.112. The summed E-state index contributed by atoms with van der Waals surface area (Å²) in [4.78, 5) is 10.9. The molecule has 1 aromatic heterocycles. The van der Waals surface area contributed by atoms with E-state index in [1.54, 1.807) is 13.1 Å². The third kappa shape index (κ3) is 2.37. The Bertz CT molecular complexity index is 295. The number of aliphatic hydroxyl groups is 1. The van der Waals surface area contributed by atoms with Crippen LogP contribution in [0.4, 0.5) is 0 Å². The molecule has 1 unspecified atom stereocenters. The molecule has 0 fully saturated rings. The molecule has 72 valence electrons. The lowest BCUT2D eigenvalue weighted by Crippen LogP contribution is -2.16. The highest BCUT2D eigenvalue weighted by Gasteiger charge is 2.11. The first kappa shape index (κ1) is 9.88. The van der Waals surface area contributed by atoms with Gasteiger partial charge in [-0.2, -0.15) is 5.10 Å². The van der Waals surface area contributed by atoms with E-state index in [4.69, 9.17) is 0 Å². The molecular weight excluding hydrogens is 170 g/mol. The van der Waals surface area contributed by atoms with Crippen LogP contribution in [0.1, 0.15) is 29.2 Å². The predicted molar refractivity (Wildman–Crippen MR) is 47.5 cm³/mol. The van der Waals surface area contributed by atoms with E-state index < -0.39 is 6.10 Å². The van der Waals surface area contributed by atoms with Gasteiger partial charge in [-0.15, -0.1) is 0 Å². The summed E-state index contributed by atoms with van der Waals surface area (Å²) in [6.07, 6.45) is -0.648. The van der Waals surface area contributed by atoms with Gasteiger partial charge in [0.1, 0.15) is 11.8 Å². The number of rotatable bonds is 4. The van der Waals surface area contributed by atoms with Crippen molar-refractivity contribution in [1.82, 2.24) is 15.5 Å². The molecule has 0 aromatic carbocycles. The second-order valence-corrected chi connectivity index (χ2v) is 2.84. The zero-order chi connectivity index (χ0) is 9.84. The maximum absolute atomic E-state index is 10.9. The van der Waals surface area contributed by atoms with E-state index >= 15 is 0 Å². The van der Waals surface area contributed by atoms with Gasteiger partial charge in [0, 0.05) is 13.5 Å². The van der Waals surface area contributed by atoms with Gasteiger partial charge in [0.25, 0.3) is 0 Å². The molecule has 5 nitrogen and oxygen atoms in total. The largest absolute Gasteiger partial charge is 0.385 e. The summed E-state index contributed by atoms with van der Waals surface area (Å²) in [7, 11) is 1.74. The molecule has 0 radical (unpaired) electrons. The molecule has 13 heavy (non-hydrogen) atoms. The second kappa shape index (κ2) is 4.15. The molecule has 0 aliphatic heterocycles. The molecule has 0 aliphatic carbocycles. The molecule has 1 atom stereocenters. The Hall–Kier alpha value is -1.20. The normalized spacial score (nSPS) is 12.8. The van der Waals surface area contributed by atoms with Crippen molar-refractivity contribution < 1.29 is 9.90 Å². The topological polar surface area (TPSA) is 78.0 Å². The highest BCUT2D eigenvalue weighted by molar-refractivity contribution is 5.92. The van der Waals surface area contributed by atoms with Crippen molar-refractivity contribution in [3.63, 3.8) is 0 Å². The maximum atomic E-state index is 10.9. The van der Waals surface area contributed by atoms with E-state index in [9.17, 15) is 9.90 Å². The number of aromatic nitrogens is 2. The van der Waals surface area contributed by atoms with Crippen LogP contribution in [0.5, 0.6) is 0 Å². The molecule has 1 aromatic rings. The number of carbonyl (C=O) groups is 1. The summed E-state index contributed by atoms with van der Waals surface area (Å²) < 4.78 is 0. The van der Waals surface area contributed by atoms with Crippen LogP contribution < -0.4 is 5.32 Å². The van der Waals surface area contributed by atoms with Crippen molar-refractivity contribution in [2.75, 3.05) is 13.6 Å². The molecule has 0 bridgehead atoms. The smallest absolute Gasteiger partial charge is 0.179 e. The molecule has 1 heterocycles. The summed E-state index contributed by atoms with van der Waals surface area (Å²) in [5, 5.41) is 18.7.